The number of fused-ring (bicyclic) bond motifs is 1. The SMILES string of the molecule is Cl.Cl.Cl.NCCCN1CCC(Nc2nc3ccccc3n2Cc2ccc(F)cc2)CC1. The number of hydrogen-bond donors (Lipinski definition) is 2. The van der Waals surface area contributed by atoms with E-state index in [0.717, 1.165) is 68.0 Å². The number of benzene rings is 2. The molecular formula is C22H31Cl3FN5. The Balaban J connectivity index is 0.00000160. The van der Waals surface area contributed by atoms with Gasteiger partial charge in [-0.25, -0.2) is 9.37 Å². The highest BCUT2D eigenvalue weighted by Crippen LogP contribution is 2.24. The Morgan fingerprint density at radius 1 is 1.00 bits per heavy atom. The molecule has 2 heterocycles. The molecule has 0 spiro atoms. The average molecular weight is 491 g/mol. The molecule has 0 aliphatic carbocycles. The van der Waals surface area contributed by atoms with Crippen molar-refractivity contribution in [2.45, 2.75) is 31.8 Å². The van der Waals surface area contributed by atoms with Gasteiger partial charge in [-0.2, -0.15) is 0 Å². The Kier molecular flexibility index (Phi) is 11.6. The van der Waals surface area contributed by atoms with Crippen LogP contribution in [0.15, 0.2) is 48.5 Å². The van der Waals surface area contributed by atoms with Crippen molar-refractivity contribution < 1.29 is 4.39 Å². The molecule has 1 aliphatic rings. The Hall–Kier alpha value is -1.57. The molecule has 4 rings (SSSR count). The smallest absolute Gasteiger partial charge is 0.204 e. The van der Waals surface area contributed by atoms with Gasteiger partial charge in [-0.1, -0.05) is 24.3 Å². The first kappa shape index (κ1) is 27.5. The van der Waals surface area contributed by atoms with E-state index in [1.807, 2.05) is 30.3 Å². The van der Waals surface area contributed by atoms with Crippen LogP contribution in [0.1, 0.15) is 24.8 Å². The zero-order valence-electron chi connectivity index (χ0n) is 17.4. The summed E-state index contributed by atoms with van der Waals surface area (Å²) >= 11 is 0. The lowest BCUT2D eigenvalue weighted by atomic mass is 10.1. The van der Waals surface area contributed by atoms with Crippen LogP contribution in [0.2, 0.25) is 0 Å². The second-order valence-electron chi connectivity index (χ2n) is 7.54. The summed E-state index contributed by atoms with van der Waals surface area (Å²) in [5.74, 6) is 0.685. The fraction of sp³-hybridized carbons (Fsp3) is 0.409. The lowest BCUT2D eigenvalue weighted by Crippen LogP contribution is -2.40. The minimum absolute atomic E-state index is 0. The van der Waals surface area contributed by atoms with Crippen molar-refractivity contribution >= 4 is 54.2 Å². The number of hydrogen-bond acceptors (Lipinski definition) is 4. The molecule has 0 bridgehead atoms. The quantitative estimate of drug-likeness (QED) is 0.503. The summed E-state index contributed by atoms with van der Waals surface area (Å²) in [5, 5.41) is 3.67. The van der Waals surface area contributed by atoms with E-state index in [4.69, 9.17) is 10.7 Å². The molecule has 0 atom stereocenters. The van der Waals surface area contributed by atoms with Gasteiger partial charge < -0.3 is 20.5 Å². The molecule has 0 amide bonds. The molecule has 3 N–H and O–H groups in total. The third kappa shape index (κ3) is 6.96. The highest BCUT2D eigenvalue weighted by molar-refractivity contribution is 5.86. The maximum atomic E-state index is 13.3. The van der Waals surface area contributed by atoms with E-state index >= 15 is 0 Å². The molecule has 5 nitrogen and oxygen atoms in total. The zero-order chi connectivity index (χ0) is 19.3. The van der Waals surface area contributed by atoms with Crippen molar-refractivity contribution in [1.82, 2.24) is 14.5 Å². The van der Waals surface area contributed by atoms with E-state index in [-0.39, 0.29) is 43.0 Å². The fourth-order valence-corrected chi connectivity index (χ4v) is 3.92. The number of aromatic nitrogens is 2. The Morgan fingerprint density at radius 3 is 2.35 bits per heavy atom. The molecule has 2 aromatic carbocycles. The van der Waals surface area contributed by atoms with Gasteiger partial charge in [0.15, 0.2) is 0 Å². The fourth-order valence-electron chi connectivity index (χ4n) is 3.92. The van der Waals surface area contributed by atoms with E-state index in [2.05, 4.69) is 20.9 Å². The number of halogens is 4. The molecule has 0 unspecified atom stereocenters. The van der Waals surface area contributed by atoms with Crippen molar-refractivity contribution in [1.29, 1.82) is 0 Å². The van der Waals surface area contributed by atoms with Crippen LogP contribution in [-0.2, 0) is 6.54 Å². The molecule has 3 aromatic rings. The molecule has 172 valence electrons. The molecule has 1 aromatic heterocycles. The largest absolute Gasteiger partial charge is 0.353 e. The third-order valence-electron chi connectivity index (χ3n) is 5.51. The van der Waals surface area contributed by atoms with Gasteiger partial charge in [-0.05, 0) is 62.2 Å². The Labute approximate surface area is 201 Å². The summed E-state index contributed by atoms with van der Waals surface area (Å²) in [7, 11) is 0. The molecule has 31 heavy (non-hydrogen) atoms. The molecule has 1 fully saturated rings. The number of imidazole rings is 1. The van der Waals surface area contributed by atoms with Gasteiger partial charge in [0.2, 0.25) is 5.95 Å². The number of nitrogens with zero attached hydrogens (tertiary/aromatic N) is 3. The van der Waals surface area contributed by atoms with Gasteiger partial charge in [0.05, 0.1) is 17.6 Å². The van der Waals surface area contributed by atoms with Gasteiger partial charge in [-0.3, -0.25) is 0 Å². The van der Waals surface area contributed by atoms with Crippen LogP contribution in [-0.4, -0.2) is 46.7 Å². The maximum Gasteiger partial charge on any atom is 0.204 e. The Morgan fingerprint density at radius 2 is 1.68 bits per heavy atom. The second kappa shape index (κ2) is 13.1. The summed E-state index contributed by atoms with van der Waals surface area (Å²) < 4.78 is 15.5. The van der Waals surface area contributed by atoms with E-state index in [9.17, 15) is 4.39 Å². The van der Waals surface area contributed by atoms with Gasteiger partial charge in [0.1, 0.15) is 5.82 Å². The molecule has 9 heteroatoms. The van der Waals surface area contributed by atoms with Crippen LogP contribution in [0, 0.1) is 5.82 Å². The van der Waals surface area contributed by atoms with Crippen molar-refractivity contribution in [3.8, 4) is 0 Å². The standard InChI is InChI=1S/C22H28FN5.3ClH/c23-18-8-6-17(7-9-18)16-28-21-5-2-1-4-20(21)26-22(28)25-19-10-14-27(15-11-19)13-3-12-24;;;/h1-2,4-9,19H,3,10-16,24H2,(H,25,26);3*1H. The number of likely N-dealkylation sites (tertiary alicyclic amines) is 1. The molecular weight excluding hydrogens is 460 g/mol. The number of para-hydroxylation sites is 2. The summed E-state index contributed by atoms with van der Waals surface area (Å²) in [4.78, 5) is 7.33. The maximum absolute atomic E-state index is 13.3. The van der Waals surface area contributed by atoms with Crippen LogP contribution < -0.4 is 11.1 Å². The van der Waals surface area contributed by atoms with Crippen LogP contribution >= 0.6 is 37.2 Å². The van der Waals surface area contributed by atoms with E-state index < -0.39 is 0 Å². The van der Waals surface area contributed by atoms with Gasteiger partial charge in [-0.15, -0.1) is 37.2 Å². The third-order valence-corrected chi connectivity index (χ3v) is 5.51. The minimum atomic E-state index is -0.209. The van der Waals surface area contributed by atoms with E-state index in [1.54, 1.807) is 0 Å². The van der Waals surface area contributed by atoms with Gasteiger partial charge >= 0.3 is 0 Å². The van der Waals surface area contributed by atoms with Gasteiger partial charge in [0, 0.05) is 19.1 Å². The number of anilines is 1. The number of nitrogens with one attached hydrogen (secondary N) is 1. The normalized spacial score (nSPS) is 14.4. The topological polar surface area (TPSA) is 59.1 Å². The van der Waals surface area contributed by atoms with E-state index in [0.29, 0.717) is 12.6 Å². The monoisotopic (exact) mass is 489 g/mol. The van der Waals surface area contributed by atoms with Crippen LogP contribution in [0.25, 0.3) is 11.0 Å². The van der Waals surface area contributed by atoms with Crippen LogP contribution in [0.5, 0.6) is 0 Å². The first-order valence-corrected chi connectivity index (χ1v) is 10.1. The minimum Gasteiger partial charge on any atom is -0.353 e. The second-order valence-corrected chi connectivity index (χ2v) is 7.54. The van der Waals surface area contributed by atoms with Crippen molar-refractivity contribution in [2.75, 3.05) is 31.5 Å². The number of piperidine rings is 1. The average Bonchev–Trinajstić information content (AvgIpc) is 3.06. The van der Waals surface area contributed by atoms with Crippen molar-refractivity contribution in [3.63, 3.8) is 0 Å². The first-order valence-electron chi connectivity index (χ1n) is 10.1. The summed E-state index contributed by atoms with van der Waals surface area (Å²) in [6.45, 7) is 4.70. The number of rotatable bonds is 7. The molecule has 0 saturated carbocycles. The summed E-state index contributed by atoms with van der Waals surface area (Å²) in [6, 6.07) is 15.3. The van der Waals surface area contributed by atoms with Crippen molar-refractivity contribution in [3.05, 3.63) is 59.9 Å². The number of nitrogens with two attached hydrogens (primary N) is 1. The van der Waals surface area contributed by atoms with Gasteiger partial charge in [0.25, 0.3) is 0 Å². The predicted molar refractivity (Wildman–Crippen MR) is 134 cm³/mol. The molecule has 1 aliphatic heterocycles. The van der Waals surface area contributed by atoms with Crippen molar-refractivity contribution in [2.24, 2.45) is 5.73 Å². The van der Waals surface area contributed by atoms with Crippen LogP contribution in [0.4, 0.5) is 10.3 Å². The first-order chi connectivity index (χ1) is 13.7. The van der Waals surface area contributed by atoms with Crippen LogP contribution in [0.3, 0.4) is 0 Å². The lowest BCUT2D eigenvalue weighted by molar-refractivity contribution is 0.217. The van der Waals surface area contributed by atoms with E-state index in [1.165, 1.54) is 12.1 Å². The predicted octanol–water partition coefficient (Wildman–Crippen LogP) is 4.71. The lowest BCUT2D eigenvalue weighted by Gasteiger charge is -2.32. The summed E-state index contributed by atoms with van der Waals surface area (Å²) in [5.41, 5.74) is 8.76. The highest BCUT2D eigenvalue weighted by atomic mass is 35.5. The molecule has 0 radical (unpaired) electrons. The summed E-state index contributed by atoms with van der Waals surface area (Å²) in [6.07, 6.45) is 3.26. The Bertz CT molecular complexity index is 911. The zero-order valence-corrected chi connectivity index (χ0v) is 19.8. The molecule has 1 saturated heterocycles. The highest BCUT2D eigenvalue weighted by Gasteiger charge is 2.21.